The monoisotopic (exact) mass is 316 g/mol. The van der Waals surface area contributed by atoms with E-state index < -0.39 is 0 Å². The van der Waals surface area contributed by atoms with Gasteiger partial charge in [-0.15, -0.1) is 0 Å². The fourth-order valence-electron chi connectivity index (χ4n) is 4.13. The van der Waals surface area contributed by atoms with Crippen molar-refractivity contribution in [2.24, 2.45) is 11.8 Å². The molecule has 0 radical (unpaired) electrons. The summed E-state index contributed by atoms with van der Waals surface area (Å²) >= 11 is 0. The minimum atomic E-state index is -0.244. The van der Waals surface area contributed by atoms with Gasteiger partial charge in [0.25, 0.3) is 0 Å². The van der Waals surface area contributed by atoms with Crippen LogP contribution in [0.1, 0.15) is 18.4 Å². The van der Waals surface area contributed by atoms with Crippen LogP contribution in [0.25, 0.3) is 0 Å². The average Bonchev–Trinajstić information content (AvgIpc) is 3.04. The van der Waals surface area contributed by atoms with Crippen LogP contribution in [0.5, 0.6) is 0 Å². The van der Waals surface area contributed by atoms with Gasteiger partial charge in [-0.25, -0.2) is 0 Å². The summed E-state index contributed by atoms with van der Waals surface area (Å²) in [5.41, 5.74) is 2.46. The molecule has 3 aliphatic rings. The van der Waals surface area contributed by atoms with Crippen molar-refractivity contribution in [3.8, 4) is 0 Å². The SMILES string of the molecule is CO[C@H]1O[C@H](COCc2ccccc2)[C@H]2OC[C@@H]3CCC=C1[C@H]32. The molecule has 1 aromatic rings. The number of ether oxygens (including phenoxy) is 4. The number of hydrogen-bond donors (Lipinski definition) is 0. The molecule has 4 rings (SSSR count). The van der Waals surface area contributed by atoms with Crippen LogP contribution in [0.3, 0.4) is 0 Å². The standard InChI is InChI=1S/C19H24O4/c1-20-19-15-9-5-8-14-11-22-18(17(14)15)16(23-19)12-21-10-13-6-3-2-4-7-13/h2-4,6-7,9,14,16-19H,5,8,10-12H2,1H3/t14-,16+,17-,18+,19-/m0/s1. The predicted molar refractivity (Wildman–Crippen MR) is 85.8 cm³/mol. The molecule has 124 valence electrons. The molecule has 23 heavy (non-hydrogen) atoms. The van der Waals surface area contributed by atoms with E-state index in [4.69, 9.17) is 18.9 Å². The minimum absolute atomic E-state index is 0.0612. The number of rotatable bonds is 5. The highest BCUT2D eigenvalue weighted by molar-refractivity contribution is 5.22. The van der Waals surface area contributed by atoms with E-state index in [9.17, 15) is 0 Å². The molecule has 2 aliphatic heterocycles. The Labute approximate surface area is 137 Å². The summed E-state index contributed by atoms with van der Waals surface area (Å²) in [5, 5.41) is 0. The highest BCUT2D eigenvalue weighted by atomic mass is 16.7. The van der Waals surface area contributed by atoms with Gasteiger partial charge in [0.2, 0.25) is 0 Å². The Morgan fingerprint density at radius 2 is 2.09 bits per heavy atom. The smallest absolute Gasteiger partial charge is 0.180 e. The van der Waals surface area contributed by atoms with E-state index >= 15 is 0 Å². The zero-order valence-electron chi connectivity index (χ0n) is 13.5. The highest BCUT2D eigenvalue weighted by Gasteiger charge is 2.51. The molecular formula is C19H24O4. The van der Waals surface area contributed by atoms with Gasteiger partial charge >= 0.3 is 0 Å². The summed E-state index contributed by atoms with van der Waals surface area (Å²) in [4.78, 5) is 0. The molecule has 0 N–H and O–H groups in total. The van der Waals surface area contributed by atoms with E-state index in [1.807, 2.05) is 18.2 Å². The molecule has 1 aromatic carbocycles. The van der Waals surface area contributed by atoms with Crippen LogP contribution in [-0.4, -0.2) is 38.8 Å². The zero-order chi connectivity index (χ0) is 15.6. The van der Waals surface area contributed by atoms with Crippen molar-refractivity contribution in [1.29, 1.82) is 0 Å². The van der Waals surface area contributed by atoms with Crippen molar-refractivity contribution in [2.45, 2.75) is 37.9 Å². The predicted octanol–water partition coefficient (Wildman–Crippen LogP) is 2.93. The van der Waals surface area contributed by atoms with Gasteiger partial charge < -0.3 is 18.9 Å². The summed E-state index contributed by atoms with van der Waals surface area (Å²) in [7, 11) is 1.72. The second-order valence-electron chi connectivity index (χ2n) is 6.61. The van der Waals surface area contributed by atoms with Crippen molar-refractivity contribution in [3.05, 3.63) is 47.5 Å². The first kappa shape index (κ1) is 15.3. The maximum absolute atomic E-state index is 6.13. The van der Waals surface area contributed by atoms with E-state index in [-0.39, 0.29) is 18.5 Å². The molecule has 0 spiro atoms. The molecule has 4 nitrogen and oxygen atoms in total. The van der Waals surface area contributed by atoms with Crippen LogP contribution in [0, 0.1) is 11.8 Å². The Kier molecular flexibility index (Phi) is 4.49. The molecule has 0 saturated carbocycles. The first-order valence-electron chi connectivity index (χ1n) is 8.48. The lowest BCUT2D eigenvalue weighted by atomic mass is 9.74. The van der Waals surface area contributed by atoms with Crippen LogP contribution >= 0.6 is 0 Å². The Bertz CT molecular complexity index is 556. The zero-order valence-corrected chi connectivity index (χ0v) is 13.5. The van der Waals surface area contributed by atoms with Gasteiger partial charge in [0.05, 0.1) is 25.9 Å². The Morgan fingerprint density at radius 1 is 1.22 bits per heavy atom. The van der Waals surface area contributed by atoms with Gasteiger partial charge in [-0.2, -0.15) is 0 Å². The normalized spacial score (nSPS) is 35.7. The lowest BCUT2D eigenvalue weighted by Crippen LogP contribution is -2.49. The summed E-state index contributed by atoms with van der Waals surface area (Å²) < 4.78 is 23.7. The molecule has 0 aromatic heterocycles. The second-order valence-corrected chi connectivity index (χ2v) is 6.61. The van der Waals surface area contributed by atoms with Crippen LogP contribution in [0.15, 0.2) is 42.0 Å². The minimum Gasteiger partial charge on any atom is -0.374 e. The first-order valence-corrected chi connectivity index (χ1v) is 8.48. The van der Waals surface area contributed by atoms with E-state index in [1.165, 1.54) is 17.6 Å². The number of methoxy groups -OCH3 is 1. The second kappa shape index (κ2) is 6.73. The van der Waals surface area contributed by atoms with E-state index in [2.05, 4.69) is 18.2 Å². The van der Waals surface area contributed by atoms with Crippen molar-refractivity contribution >= 4 is 0 Å². The third kappa shape index (κ3) is 2.96. The highest BCUT2D eigenvalue weighted by Crippen LogP contribution is 2.46. The molecule has 1 aliphatic carbocycles. The van der Waals surface area contributed by atoms with Crippen LogP contribution in [0.4, 0.5) is 0 Å². The van der Waals surface area contributed by atoms with E-state index in [0.29, 0.717) is 25.0 Å². The van der Waals surface area contributed by atoms with Crippen molar-refractivity contribution in [3.63, 3.8) is 0 Å². The van der Waals surface area contributed by atoms with Crippen LogP contribution < -0.4 is 0 Å². The Morgan fingerprint density at radius 3 is 2.91 bits per heavy atom. The van der Waals surface area contributed by atoms with Gasteiger partial charge in [-0.05, 0) is 29.9 Å². The summed E-state index contributed by atoms with van der Waals surface area (Å²) in [5.74, 6) is 1.05. The maximum atomic E-state index is 6.13. The largest absolute Gasteiger partial charge is 0.374 e. The van der Waals surface area contributed by atoms with E-state index in [1.54, 1.807) is 7.11 Å². The lowest BCUT2D eigenvalue weighted by molar-refractivity contribution is -0.208. The molecule has 2 fully saturated rings. The molecule has 4 heteroatoms. The van der Waals surface area contributed by atoms with Crippen LogP contribution in [-0.2, 0) is 25.6 Å². The fourth-order valence-corrected chi connectivity index (χ4v) is 4.13. The Hall–Kier alpha value is -1.20. The van der Waals surface area contributed by atoms with Gasteiger partial charge in [-0.3, -0.25) is 0 Å². The van der Waals surface area contributed by atoms with Gasteiger partial charge in [-0.1, -0.05) is 36.4 Å². The first-order chi connectivity index (χ1) is 11.4. The third-order valence-electron chi connectivity index (χ3n) is 5.21. The number of benzene rings is 1. The summed E-state index contributed by atoms with van der Waals surface area (Å²) in [6, 6.07) is 10.2. The Balaban J connectivity index is 1.42. The molecule has 2 saturated heterocycles. The fraction of sp³-hybridized carbons (Fsp3) is 0.579. The molecule has 0 bridgehead atoms. The van der Waals surface area contributed by atoms with Gasteiger partial charge in [0.1, 0.15) is 6.10 Å². The van der Waals surface area contributed by atoms with Gasteiger partial charge in [0, 0.05) is 13.0 Å². The molecule has 5 atom stereocenters. The topological polar surface area (TPSA) is 36.9 Å². The van der Waals surface area contributed by atoms with Crippen molar-refractivity contribution in [1.82, 2.24) is 0 Å². The number of hydrogen-bond acceptors (Lipinski definition) is 4. The quantitative estimate of drug-likeness (QED) is 0.783. The average molecular weight is 316 g/mol. The summed E-state index contributed by atoms with van der Waals surface area (Å²) in [6.45, 7) is 1.97. The summed E-state index contributed by atoms with van der Waals surface area (Å²) in [6.07, 6.45) is 4.40. The molecule has 2 heterocycles. The van der Waals surface area contributed by atoms with Crippen molar-refractivity contribution < 1.29 is 18.9 Å². The lowest BCUT2D eigenvalue weighted by Gasteiger charge is -2.42. The third-order valence-corrected chi connectivity index (χ3v) is 5.21. The van der Waals surface area contributed by atoms with Crippen LogP contribution in [0.2, 0.25) is 0 Å². The molecule has 0 unspecified atom stereocenters. The van der Waals surface area contributed by atoms with Gasteiger partial charge in [0.15, 0.2) is 6.29 Å². The maximum Gasteiger partial charge on any atom is 0.180 e. The van der Waals surface area contributed by atoms with Crippen molar-refractivity contribution in [2.75, 3.05) is 20.3 Å². The molecule has 0 amide bonds. The van der Waals surface area contributed by atoms with E-state index in [0.717, 1.165) is 13.0 Å². The molecular weight excluding hydrogens is 292 g/mol. The number of allylic oxidation sites excluding steroid dienone is 1.